The van der Waals surface area contributed by atoms with E-state index in [4.69, 9.17) is 0 Å². The number of hydrogen-bond acceptors (Lipinski definition) is 2. The summed E-state index contributed by atoms with van der Waals surface area (Å²) < 4.78 is 0. The highest BCUT2D eigenvalue weighted by Crippen LogP contribution is 2.39. The van der Waals surface area contributed by atoms with Crippen LogP contribution in [0.4, 0.5) is 0 Å². The molecule has 2 nitrogen and oxygen atoms in total. The van der Waals surface area contributed by atoms with Crippen LogP contribution in [-0.4, -0.2) is 37.6 Å². The molecule has 4 rings (SSSR count). The molecule has 0 aromatic heterocycles. The van der Waals surface area contributed by atoms with Crippen LogP contribution in [-0.2, 0) is 6.42 Å². The highest BCUT2D eigenvalue weighted by molar-refractivity contribution is 5.40. The fraction of sp³-hybridized carbons (Fsp3) is 0.667. The quantitative estimate of drug-likeness (QED) is 0.889. The summed E-state index contributed by atoms with van der Waals surface area (Å²) >= 11 is 0. The first-order valence-corrected chi connectivity index (χ1v) is 8.36. The Morgan fingerprint density at radius 3 is 2.95 bits per heavy atom. The fourth-order valence-electron chi connectivity index (χ4n) is 4.68. The second-order valence-corrected chi connectivity index (χ2v) is 7.22. The molecule has 1 aromatic carbocycles. The Bertz CT molecular complexity index is 471. The van der Waals surface area contributed by atoms with E-state index < -0.39 is 0 Å². The third-order valence-corrected chi connectivity index (χ3v) is 5.74. The molecule has 2 heterocycles. The molecule has 20 heavy (non-hydrogen) atoms. The predicted molar refractivity (Wildman–Crippen MR) is 83.1 cm³/mol. The van der Waals surface area contributed by atoms with E-state index in [-0.39, 0.29) is 0 Å². The largest absolute Gasteiger partial charge is 0.316 e. The fourth-order valence-corrected chi connectivity index (χ4v) is 4.68. The van der Waals surface area contributed by atoms with Gasteiger partial charge in [-0.15, -0.1) is 0 Å². The van der Waals surface area contributed by atoms with Crippen LogP contribution in [0, 0.1) is 5.41 Å². The highest BCUT2D eigenvalue weighted by Gasteiger charge is 2.38. The van der Waals surface area contributed by atoms with E-state index in [2.05, 4.69) is 34.5 Å². The normalized spacial score (nSPS) is 33.7. The van der Waals surface area contributed by atoms with Crippen molar-refractivity contribution in [1.82, 2.24) is 10.2 Å². The lowest BCUT2D eigenvalue weighted by molar-refractivity contribution is 0.0593. The van der Waals surface area contributed by atoms with Crippen molar-refractivity contribution in [3.8, 4) is 0 Å². The van der Waals surface area contributed by atoms with Gasteiger partial charge in [0.1, 0.15) is 0 Å². The molecule has 0 amide bonds. The first kappa shape index (κ1) is 12.8. The van der Waals surface area contributed by atoms with Gasteiger partial charge in [0.2, 0.25) is 0 Å². The smallest absolute Gasteiger partial charge is 0.00538 e. The van der Waals surface area contributed by atoms with Crippen LogP contribution in [0.3, 0.4) is 0 Å². The van der Waals surface area contributed by atoms with Crippen LogP contribution in [0.2, 0.25) is 0 Å². The molecule has 2 atom stereocenters. The highest BCUT2D eigenvalue weighted by atomic mass is 15.1. The Kier molecular flexibility index (Phi) is 3.31. The van der Waals surface area contributed by atoms with Gasteiger partial charge in [-0.2, -0.15) is 0 Å². The van der Waals surface area contributed by atoms with Gasteiger partial charge in [0.05, 0.1) is 0 Å². The molecular weight excluding hydrogens is 244 g/mol. The molecule has 0 radical (unpaired) electrons. The number of nitrogens with zero attached hydrogens (tertiary/aromatic N) is 1. The number of likely N-dealkylation sites (tertiary alicyclic amines) is 1. The predicted octanol–water partition coefficient (Wildman–Crippen LogP) is 2.79. The lowest BCUT2D eigenvalue weighted by Crippen LogP contribution is -2.52. The molecule has 3 aliphatic rings. The maximum Gasteiger partial charge on any atom is 0.00538 e. The second kappa shape index (κ2) is 5.16. The summed E-state index contributed by atoms with van der Waals surface area (Å²) in [6, 6.07) is 9.02. The molecule has 2 unspecified atom stereocenters. The van der Waals surface area contributed by atoms with Gasteiger partial charge in [-0.3, -0.25) is 0 Å². The van der Waals surface area contributed by atoms with Crippen molar-refractivity contribution in [3.63, 3.8) is 0 Å². The molecule has 108 valence electrons. The molecule has 1 spiro atoms. The maximum atomic E-state index is 3.64. The molecule has 1 aliphatic carbocycles. The molecule has 1 aromatic rings. The zero-order valence-electron chi connectivity index (χ0n) is 12.4. The molecule has 0 saturated carbocycles. The molecule has 2 saturated heterocycles. The number of hydrogen-bond donors (Lipinski definition) is 1. The second-order valence-electron chi connectivity index (χ2n) is 7.22. The van der Waals surface area contributed by atoms with Crippen molar-refractivity contribution in [2.45, 2.75) is 38.0 Å². The maximum absolute atomic E-state index is 3.64. The van der Waals surface area contributed by atoms with E-state index in [0.29, 0.717) is 5.41 Å². The van der Waals surface area contributed by atoms with Gasteiger partial charge in [0.15, 0.2) is 0 Å². The number of benzene rings is 1. The van der Waals surface area contributed by atoms with Gasteiger partial charge in [-0.1, -0.05) is 24.3 Å². The number of piperidine rings is 2. The summed E-state index contributed by atoms with van der Waals surface area (Å²) in [6.07, 6.45) is 6.96. The minimum absolute atomic E-state index is 0.597. The van der Waals surface area contributed by atoms with Gasteiger partial charge in [-0.25, -0.2) is 0 Å². The minimum Gasteiger partial charge on any atom is -0.316 e. The van der Waals surface area contributed by atoms with E-state index in [0.717, 1.165) is 5.92 Å². The van der Waals surface area contributed by atoms with Gasteiger partial charge < -0.3 is 10.2 Å². The van der Waals surface area contributed by atoms with Gasteiger partial charge in [-0.05, 0) is 61.7 Å². The third kappa shape index (κ3) is 2.29. The number of fused-ring (bicyclic) bond motifs is 1. The van der Waals surface area contributed by atoms with E-state index in [1.165, 1.54) is 64.8 Å². The number of nitrogens with one attached hydrogen (secondary N) is 1. The van der Waals surface area contributed by atoms with Crippen molar-refractivity contribution in [3.05, 3.63) is 35.4 Å². The van der Waals surface area contributed by atoms with Gasteiger partial charge >= 0.3 is 0 Å². The minimum atomic E-state index is 0.597. The van der Waals surface area contributed by atoms with Crippen LogP contribution < -0.4 is 5.32 Å². The van der Waals surface area contributed by atoms with Crippen LogP contribution in [0.5, 0.6) is 0 Å². The standard InChI is InChI=1S/C18H26N2/c1-2-6-17-15(5-1)11-16(17)12-20-10-4-8-18(14-20)7-3-9-19-13-18/h1-2,5-6,16,19H,3-4,7-14H2. The summed E-state index contributed by atoms with van der Waals surface area (Å²) in [6.45, 7) is 6.43. The Labute approximate surface area is 122 Å². The van der Waals surface area contributed by atoms with Gasteiger partial charge in [0, 0.05) is 25.6 Å². The van der Waals surface area contributed by atoms with Crippen molar-refractivity contribution in [2.24, 2.45) is 5.41 Å². The summed E-state index contributed by atoms with van der Waals surface area (Å²) in [4.78, 5) is 2.76. The summed E-state index contributed by atoms with van der Waals surface area (Å²) in [7, 11) is 0. The van der Waals surface area contributed by atoms with Crippen molar-refractivity contribution >= 4 is 0 Å². The SMILES string of the molecule is c1ccc2c(c1)CC2CN1CCCC2(CCCNC2)C1. The molecule has 2 heteroatoms. The van der Waals surface area contributed by atoms with Crippen LogP contribution in [0.15, 0.2) is 24.3 Å². The van der Waals surface area contributed by atoms with E-state index >= 15 is 0 Å². The average Bonchev–Trinajstić information content (AvgIpc) is 2.46. The zero-order valence-corrected chi connectivity index (χ0v) is 12.4. The summed E-state index contributed by atoms with van der Waals surface area (Å²) in [5.41, 5.74) is 3.80. The van der Waals surface area contributed by atoms with E-state index in [1.54, 1.807) is 11.1 Å². The van der Waals surface area contributed by atoms with Crippen LogP contribution in [0.1, 0.15) is 42.7 Å². The third-order valence-electron chi connectivity index (χ3n) is 5.74. The summed E-state index contributed by atoms with van der Waals surface area (Å²) in [5, 5.41) is 3.64. The Hall–Kier alpha value is -0.860. The first-order valence-electron chi connectivity index (χ1n) is 8.36. The lowest BCUT2D eigenvalue weighted by atomic mass is 9.73. The average molecular weight is 270 g/mol. The number of rotatable bonds is 2. The summed E-state index contributed by atoms with van der Waals surface area (Å²) in [5.74, 6) is 0.804. The van der Waals surface area contributed by atoms with E-state index in [1.807, 2.05) is 0 Å². The monoisotopic (exact) mass is 270 g/mol. The van der Waals surface area contributed by atoms with Crippen LogP contribution in [0.25, 0.3) is 0 Å². The zero-order chi connectivity index (χ0) is 13.4. The van der Waals surface area contributed by atoms with Crippen molar-refractivity contribution in [1.29, 1.82) is 0 Å². The molecule has 1 N–H and O–H groups in total. The Morgan fingerprint density at radius 2 is 2.10 bits per heavy atom. The van der Waals surface area contributed by atoms with Crippen molar-refractivity contribution in [2.75, 3.05) is 32.7 Å². The van der Waals surface area contributed by atoms with Crippen molar-refractivity contribution < 1.29 is 0 Å². The van der Waals surface area contributed by atoms with E-state index in [9.17, 15) is 0 Å². The molecule has 2 fully saturated rings. The lowest BCUT2D eigenvalue weighted by Gasteiger charge is -2.47. The topological polar surface area (TPSA) is 15.3 Å². The van der Waals surface area contributed by atoms with Gasteiger partial charge in [0.25, 0.3) is 0 Å². The molecule has 0 bridgehead atoms. The van der Waals surface area contributed by atoms with Crippen LogP contribution >= 0.6 is 0 Å². The molecule has 2 aliphatic heterocycles. The first-order chi connectivity index (χ1) is 9.85. The Morgan fingerprint density at radius 1 is 1.20 bits per heavy atom. The Balaban J connectivity index is 1.40. The molecular formula is C18H26N2.